The van der Waals surface area contributed by atoms with Crippen molar-refractivity contribution in [1.82, 2.24) is 10.4 Å². The molecule has 4 N–H and O–H groups in total. The zero-order valence-corrected chi connectivity index (χ0v) is 17.6. The number of carbonyl (C=O) groups is 3. The minimum absolute atomic E-state index is 0.0856. The average Bonchev–Trinajstić information content (AvgIpc) is 3.23. The third-order valence-electron chi connectivity index (χ3n) is 4.74. The molecule has 1 fully saturated rings. The van der Waals surface area contributed by atoms with E-state index < -0.39 is 5.97 Å². The Morgan fingerprint density at radius 1 is 1.19 bits per heavy atom. The Labute approximate surface area is 186 Å². The number of amides is 2. The first-order valence-corrected chi connectivity index (χ1v) is 9.90. The molecule has 1 aliphatic rings. The number of aromatic carboxylic acids is 1. The number of carboxylic acids is 1. The number of benzene rings is 2. The van der Waals surface area contributed by atoms with Gasteiger partial charge in [-0.05, 0) is 42.5 Å². The van der Waals surface area contributed by atoms with Crippen LogP contribution in [0.2, 0.25) is 10.0 Å². The molecule has 0 aliphatic carbocycles. The smallest absolute Gasteiger partial charge is 0.352 e. The number of fused-ring (bicyclic) bond motifs is 1. The number of H-pyrrole nitrogens is 1. The van der Waals surface area contributed by atoms with Gasteiger partial charge in [-0.3, -0.25) is 9.59 Å². The van der Waals surface area contributed by atoms with Gasteiger partial charge < -0.3 is 15.4 Å². The minimum Gasteiger partial charge on any atom is -0.477 e. The second-order valence-corrected chi connectivity index (χ2v) is 7.75. The molecule has 1 aromatic heterocycles. The lowest BCUT2D eigenvalue weighted by Crippen LogP contribution is -2.34. The third-order valence-corrected chi connectivity index (χ3v) is 5.25. The quantitative estimate of drug-likeness (QED) is 0.440. The zero-order valence-electron chi connectivity index (χ0n) is 16.1. The molecular weight excluding hydrogens is 443 g/mol. The highest BCUT2D eigenvalue weighted by molar-refractivity contribution is 6.39. The maximum atomic E-state index is 13.0. The lowest BCUT2D eigenvalue weighted by molar-refractivity contribution is -0.115. The van der Waals surface area contributed by atoms with E-state index >= 15 is 0 Å². The number of hydrogen-bond donors (Lipinski definition) is 4. The van der Waals surface area contributed by atoms with Crippen LogP contribution in [0.1, 0.15) is 23.0 Å². The number of carboxylic acid groups (broad SMARTS) is 1. The van der Waals surface area contributed by atoms with Crippen molar-refractivity contribution in [2.24, 2.45) is 0 Å². The molecule has 1 aliphatic heterocycles. The van der Waals surface area contributed by atoms with E-state index in [0.29, 0.717) is 38.4 Å². The summed E-state index contributed by atoms with van der Waals surface area (Å²) in [6, 6.07) is 9.83. The maximum absolute atomic E-state index is 13.0. The van der Waals surface area contributed by atoms with Gasteiger partial charge in [-0.2, -0.15) is 0 Å². The van der Waals surface area contributed by atoms with Crippen molar-refractivity contribution in [2.75, 3.05) is 16.9 Å². The number of hydrogen-bond acceptors (Lipinski definition) is 4. The van der Waals surface area contributed by atoms with Gasteiger partial charge in [0.25, 0.3) is 5.91 Å². The van der Waals surface area contributed by atoms with E-state index in [4.69, 9.17) is 23.2 Å². The molecule has 0 radical (unpaired) electrons. The van der Waals surface area contributed by atoms with Gasteiger partial charge in [0, 0.05) is 46.2 Å². The van der Waals surface area contributed by atoms with Crippen molar-refractivity contribution in [3.8, 4) is 0 Å². The molecule has 10 heteroatoms. The summed E-state index contributed by atoms with van der Waals surface area (Å²) in [4.78, 5) is 38.7. The number of nitrogens with zero attached hydrogens (tertiary/aromatic N) is 1. The van der Waals surface area contributed by atoms with Crippen molar-refractivity contribution in [3.63, 3.8) is 0 Å². The molecule has 8 nitrogen and oxygen atoms in total. The Balaban J connectivity index is 1.70. The van der Waals surface area contributed by atoms with E-state index in [1.54, 1.807) is 30.3 Å². The highest BCUT2D eigenvalue weighted by Gasteiger charge is 2.28. The number of nitrogens with one attached hydrogen (secondary N) is 3. The summed E-state index contributed by atoms with van der Waals surface area (Å²) < 4.78 is 0. The van der Waals surface area contributed by atoms with Crippen LogP contribution in [0.4, 0.5) is 11.4 Å². The standard InChI is InChI=1S/C21H16Cl2N4O4/c1-10(28)25-13-2-4-14(5-3-13)27-20(29)11(9-24-27)6-15-18-16(23)7-12(22)8-17(18)26-19(15)21(30)31/h2-8,24,26H,9H2,1H3,(H,25,28)(H,30,31)/b11-6+. The Morgan fingerprint density at radius 3 is 2.55 bits per heavy atom. The lowest BCUT2D eigenvalue weighted by atomic mass is 10.1. The molecule has 0 spiro atoms. The molecule has 4 rings (SSSR count). The fourth-order valence-corrected chi connectivity index (χ4v) is 4.03. The van der Waals surface area contributed by atoms with Gasteiger partial charge >= 0.3 is 5.97 Å². The van der Waals surface area contributed by atoms with Crippen molar-refractivity contribution < 1.29 is 19.5 Å². The zero-order chi connectivity index (χ0) is 22.3. The van der Waals surface area contributed by atoms with Crippen LogP contribution in [-0.2, 0) is 9.59 Å². The Kier molecular flexibility index (Phi) is 5.45. The molecule has 31 heavy (non-hydrogen) atoms. The molecule has 1 saturated heterocycles. The van der Waals surface area contributed by atoms with E-state index in [0.717, 1.165) is 0 Å². The van der Waals surface area contributed by atoms with Crippen LogP contribution in [0.25, 0.3) is 17.0 Å². The summed E-state index contributed by atoms with van der Waals surface area (Å²) in [6.07, 6.45) is 1.52. The number of halogens is 2. The fourth-order valence-electron chi connectivity index (χ4n) is 3.43. The monoisotopic (exact) mass is 458 g/mol. The number of hydrazine groups is 1. The number of aromatic nitrogens is 1. The molecule has 0 saturated carbocycles. The van der Waals surface area contributed by atoms with Crippen LogP contribution in [-0.4, -0.2) is 34.4 Å². The molecule has 0 unspecified atom stereocenters. The second kappa shape index (κ2) is 8.07. The van der Waals surface area contributed by atoms with Gasteiger partial charge in [0.05, 0.1) is 10.7 Å². The summed E-state index contributed by atoms with van der Waals surface area (Å²) in [5.74, 6) is -1.71. The molecule has 2 aromatic carbocycles. The second-order valence-electron chi connectivity index (χ2n) is 6.90. The van der Waals surface area contributed by atoms with E-state index in [1.165, 1.54) is 24.1 Å². The molecule has 0 atom stereocenters. The molecule has 3 aromatic rings. The Hall–Kier alpha value is -3.33. The number of anilines is 2. The Bertz CT molecular complexity index is 1260. The van der Waals surface area contributed by atoms with Crippen LogP contribution in [0.5, 0.6) is 0 Å². The highest BCUT2D eigenvalue weighted by atomic mass is 35.5. The largest absolute Gasteiger partial charge is 0.477 e. The summed E-state index contributed by atoms with van der Waals surface area (Å²) in [5.41, 5.74) is 5.21. The maximum Gasteiger partial charge on any atom is 0.352 e. The van der Waals surface area contributed by atoms with Gasteiger partial charge in [-0.25, -0.2) is 15.2 Å². The van der Waals surface area contributed by atoms with E-state index in [-0.39, 0.29) is 29.1 Å². The third kappa shape index (κ3) is 4.00. The normalized spacial score (nSPS) is 15.1. The Morgan fingerprint density at radius 2 is 1.90 bits per heavy atom. The van der Waals surface area contributed by atoms with Crippen LogP contribution in [0.3, 0.4) is 0 Å². The topological polar surface area (TPSA) is 115 Å². The minimum atomic E-state index is -1.18. The summed E-state index contributed by atoms with van der Waals surface area (Å²) in [7, 11) is 0. The van der Waals surface area contributed by atoms with Crippen molar-refractivity contribution >= 4 is 69.3 Å². The summed E-state index contributed by atoms with van der Waals surface area (Å²) in [6.45, 7) is 1.61. The van der Waals surface area contributed by atoms with E-state index in [1.807, 2.05) is 0 Å². The number of rotatable bonds is 4. The first kappa shape index (κ1) is 20.9. The summed E-state index contributed by atoms with van der Waals surface area (Å²) in [5, 5.41) is 14.7. The van der Waals surface area contributed by atoms with Gasteiger partial charge in [-0.1, -0.05) is 23.2 Å². The van der Waals surface area contributed by atoms with Gasteiger partial charge in [0.2, 0.25) is 5.91 Å². The lowest BCUT2D eigenvalue weighted by Gasteiger charge is -2.15. The molecule has 158 valence electrons. The molecule has 2 heterocycles. The van der Waals surface area contributed by atoms with Crippen LogP contribution in [0.15, 0.2) is 42.0 Å². The molecule has 0 bridgehead atoms. The number of aromatic amines is 1. The van der Waals surface area contributed by atoms with Gasteiger partial charge in [0.15, 0.2) is 0 Å². The van der Waals surface area contributed by atoms with Crippen LogP contribution in [0, 0.1) is 0 Å². The SMILES string of the molecule is CC(=O)Nc1ccc(N2NC/C(=C\c3c(C(=O)O)[nH]c4cc(Cl)cc(Cl)c34)C2=O)cc1. The predicted octanol–water partition coefficient (Wildman–Crippen LogP) is 4.07. The first-order chi connectivity index (χ1) is 14.7. The molecular formula is C21H16Cl2N4O4. The predicted molar refractivity (Wildman–Crippen MR) is 119 cm³/mol. The fraction of sp³-hybridized carbons (Fsp3) is 0.0952. The van der Waals surface area contributed by atoms with Gasteiger partial charge in [0.1, 0.15) is 5.69 Å². The van der Waals surface area contributed by atoms with E-state index in [9.17, 15) is 19.5 Å². The average molecular weight is 459 g/mol. The first-order valence-electron chi connectivity index (χ1n) is 9.15. The van der Waals surface area contributed by atoms with Gasteiger partial charge in [-0.15, -0.1) is 0 Å². The van der Waals surface area contributed by atoms with Crippen molar-refractivity contribution in [3.05, 3.63) is 63.3 Å². The van der Waals surface area contributed by atoms with E-state index in [2.05, 4.69) is 15.7 Å². The van der Waals surface area contributed by atoms with Crippen molar-refractivity contribution in [2.45, 2.75) is 6.92 Å². The number of carbonyl (C=O) groups excluding carboxylic acids is 2. The van der Waals surface area contributed by atoms with Crippen LogP contribution < -0.4 is 15.8 Å². The van der Waals surface area contributed by atoms with Crippen molar-refractivity contribution in [1.29, 1.82) is 0 Å². The summed E-state index contributed by atoms with van der Waals surface area (Å²) >= 11 is 12.3. The molecule has 2 amide bonds. The highest BCUT2D eigenvalue weighted by Crippen LogP contribution is 2.34. The van der Waals surface area contributed by atoms with Crippen LogP contribution >= 0.6 is 23.2 Å².